The number of ether oxygens (including phenoxy) is 1. The zero-order chi connectivity index (χ0) is 20.4. The predicted molar refractivity (Wildman–Crippen MR) is 104 cm³/mol. The topological polar surface area (TPSA) is 81.7 Å². The Balaban J connectivity index is 0. The molecular weight excluding hydrogens is 376 g/mol. The minimum Gasteiger partial charge on any atom is -0.462 e. The van der Waals surface area contributed by atoms with Crippen molar-refractivity contribution >= 4 is 24.3 Å². The van der Waals surface area contributed by atoms with Crippen molar-refractivity contribution < 1.29 is 36.1 Å². The van der Waals surface area contributed by atoms with Crippen LogP contribution in [0.2, 0.25) is 6.04 Å². The Labute approximate surface area is 161 Å². The first-order valence-corrected chi connectivity index (χ1v) is 12.0. The van der Waals surface area contributed by atoms with Crippen molar-refractivity contribution in [2.75, 3.05) is 47.8 Å². The SMILES string of the molecule is C=C(C)C(=O)OCCC[Si](OC)(OC)OC.CCO[SiH](OCC)OCC. The van der Waals surface area contributed by atoms with Crippen molar-refractivity contribution in [3.63, 3.8) is 0 Å². The van der Waals surface area contributed by atoms with E-state index in [-0.39, 0.29) is 5.97 Å². The summed E-state index contributed by atoms with van der Waals surface area (Å²) in [4.78, 5) is 11.1. The summed E-state index contributed by atoms with van der Waals surface area (Å²) in [5.74, 6) is -0.375. The molecule has 0 bridgehead atoms. The van der Waals surface area contributed by atoms with Crippen LogP contribution in [0.15, 0.2) is 12.2 Å². The van der Waals surface area contributed by atoms with Gasteiger partial charge in [0.25, 0.3) is 0 Å². The van der Waals surface area contributed by atoms with Gasteiger partial charge in [0.15, 0.2) is 0 Å². The van der Waals surface area contributed by atoms with Gasteiger partial charge in [0, 0.05) is 52.8 Å². The number of hydrogen-bond acceptors (Lipinski definition) is 8. The zero-order valence-electron chi connectivity index (χ0n) is 17.3. The molecule has 0 fully saturated rings. The van der Waals surface area contributed by atoms with Gasteiger partial charge in [-0.3, -0.25) is 0 Å². The molecule has 0 atom stereocenters. The lowest BCUT2D eigenvalue weighted by Gasteiger charge is -2.24. The van der Waals surface area contributed by atoms with Crippen LogP contribution in [0.1, 0.15) is 34.1 Å². The quantitative estimate of drug-likeness (QED) is 0.186. The Morgan fingerprint density at radius 1 is 0.923 bits per heavy atom. The summed E-state index contributed by atoms with van der Waals surface area (Å²) in [6.45, 7) is 13.3. The highest BCUT2D eigenvalue weighted by Gasteiger charge is 2.36. The van der Waals surface area contributed by atoms with Gasteiger partial charge in [0.05, 0.1) is 6.61 Å². The minimum atomic E-state index is -2.53. The maximum Gasteiger partial charge on any atom is 0.500 e. The predicted octanol–water partition coefficient (Wildman–Crippen LogP) is 2.19. The van der Waals surface area contributed by atoms with Crippen molar-refractivity contribution in [1.29, 1.82) is 0 Å². The second kappa shape index (κ2) is 17.8. The molecule has 0 amide bonds. The fraction of sp³-hybridized carbons (Fsp3) is 0.812. The van der Waals surface area contributed by atoms with Gasteiger partial charge in [0.1, 0.15) is 0 Å². The van der Waals surface area contributed by atoms with Crippen LogP contribution in [0.5, 0.6) is 0 Å². The lowest BCUT2D eigenvalue weighted by atomic mass is 10.4. The molecule has 0 saturated carbocycles. The summed E-state index contributed by atoms with van der Waals surface area (Å²) in [7, 11) is 0.400. The standard InChI is InChI=1S/C10H20O5Si.C6H16O3Si/c1-9(2)10(11)15-7-6-8-16(12-3,13-4)14-5;1-4-7-10(8-5-2)9-6-3/h1,6-8H2,2-5H3;10H,4-6H2,1-3H3. The van der Waals surface area contributed by atoms with Crippen LogP contribution in [0.25, 0.3) is 0 Å². The van der Waals surface area contributed by atoms with Gasteiger partial charge in [-0.1, -0.05) is 6.58 Å². The van der Waals surface area contributed by atoms with Crippen LogP contribution in [-0.4, -0.2) is 72.1 Å². The first-order valence-electron chi connectivity index (χ1n) is 8.69. The van der Waals surface area contributed by atoms with Crippen LogP contribution < -0.4 is 0 Å². The third-order valence-corrected chi connectivity index (χ3v) is 7.70. The summed E-state index contributed by atoms with van der Waals surface area (Å²) >= 11 is 0. The van der Waals surface area contributed by atoms with E-state index in [4.69, 9.17) is 31.3 Å². The molecule has 0 radical (unpaired) electrons. The van der Waals surface area contributed by atoms with E-state index in [1.165, 1.54) is 0 Å². The Kier molecular flexibility index (Phi) is 18.9. The molecule has 0 aromatic heterocycles. The van der Waals surface area contributed by atoms with Gasteiger partial charge in [-0.25, -0.2) is 4.79 Å². The molecule has 26 heavy (non-hydrogen) atoms. The highest BCUT2D eigenvalue weighted by atomic mass is 28.4. The normalized spacial score (nSPS) is 11.1. The van der Waals surface area contributed by atoms with Gasteiger partial charge < -0.3 is 31.3 Å². The van der Waals surface area contributed by atoms with Gasteiger partial charge in [-0.05, 0) is 34.1 Å². The lowest BCUT2D eigenvalue weighted by Crippen LogP contribution is -2.42. The van der Waals surface area contributed by atoms with Crippen molar-refractivity contribution in [1.82, 2.24) is 0 Å². The summed E-state index contributed by atoms with van der Waals surface area (Å²) in [5, 5.41) is 0. The fourth-order valence-electron chi connectivity index (χ4n) is 1.69. The van der Waals surface area contributed by atoms with E-state index in [0.717, 1.165) is 0 Å². The third-order valence-electron chi connectivity index (χ3n) is 3.05. The molecule has 0 N–H and O–H groups in total. The molecule has 0 rings (SSSR count). The molecule has 0 aliphatic heterocycles. The van der Waals surface area contributed by atoms with Crippen molar-refractivity contribution in [2.24, 2.45) is 0 Å². The van der Waals surface area contributed by atoms with E-state index >= 15 is 0 Å². The molecule has 0 heterocycles. The Hall–Kier alpha value is -0.596. The molecule has 8 nitrogen and oxygen atoms in total. The van der Waals surface area contributed by atoms with Crippen molar-refractivity contribution in [3.05, 3.63) is 12.2 Å². The molecule has 0 saturated heterocycles. The van der Waals surface area contributed by atoms with Crippen LogP contribution >= 0.6 is 0 Å². The van der Waals surface area contributed by atoms with E-state index in [0.29, 0.717) is 44.5 Å². The first-order chi connectivity index (χ1) is 12.4. The average molecular weight is 413 g/mol. The molecule has 0 spiro atoms. The van der Waals surface area contributed by atoms with Gasteiger partial charge in [-0.2, -0.15) is 0 Å². The molecule has 156 valence electrons. The summed E-state index contributed by atoms with van der Waals surface area (Å²) in [6.07, 6.45) is 0.640. The minimum absolute atomic E-state index is 0.316. The van der Waals surface area contributed by atoms with Crippen molar-refractivity contribution in [2.45, 2.75) is 40.2 Å². The molecular formula is C16H36O8Si2. The van der Waals surface area contributed by atoms with Crippen LogP contribution in [0, 0.1) is 0 Å². The second-order valence-electron chi connectivity index (χ2n) is 4.97. The maximum absolute atomic E-state index is 11.1. The molecule has 0 aliphatic rings. The first kappa shape index (κ1) is 27.6. The van der Waals surface area contributed by atoms with E-state index < -0.39 is 18.3 Å². The van der Waals surface area contributed by atoms with Gasteiger partial charge >= 0.3 is 24.3 Å². The molecule has 0 aromatic carbocycles. The zero-order valence-corrected chi connectivity index (χ0v) is 19.4. The number of carbonyl (C=O) groups excluding carboxylic acids is 1. The summed E-state index contributed by atoms with van der Waals surface area (Å²) < 4.78 is 36.3. The molecule has 0 aromatic rings. The van der Waals surface area contributed by atoms with E-state index in [1.54, 1.807) is 28.3 Å². The summed E-state index contributed by atoms with van der Waals surface area (Å²) in [6, 6.07) is 0.611. The van der Waals surface area contributed by atoms with Crippen LogP contribution in [0.3, 0.4) is 0 Å². The number of rotatable bonds is 14. The number of esters is 1. The lowest BCUT2D eigenvalue weighted by molar-refractivity contribution is -0.139. The van der Waals surface area contributed by atoms with E-state index in [2.05, 4.69) is 6.58 Å². The van der Waals surface area contributed by atoms with Gasteiger partial charge in [0.2, 0.25) is 0 Å². The smallest absolute Gasteiger partial charge is 0.462 e. The highest BCUT2D eigenvalue weighted by Crippen LogP contribution is 2.14. The molecule has 0 unspecified atom stereocenters. The Morgan fingerprint density at radius 3 is 1.65 bits per heavy atom. The molecule has 0 aliphatic carbocycles. The fourth-order valence-corrected chi connectivity index (χ4v) is 4.48. The Morgan fingerprint density at radius 2 is 1.35 bits per heavy atom. The highest BCUT2D eigenvalue weighted by molar-refractivity contribution is 6.60. The van der Waals surface area contributed by atoms with E-state index in [9.17, 15) is 4.79 Å². The molecule has 10 heteroatoms. The van der Waals surface area contributed by atoms with Gasteiger partial charge in [-0.15, -0.1) is 0 Å². The monoisotopic (exact) mass is 412 g/mol. The maximum atomic E-state index is 11.1. The average Bonchev–Trinajstić information content (AvgIpc) is 2.63. The van der Waals surface area contributed by atoms with Crippen LogP contribution in [0.4, 0.5) is 0 Å². The van der Waals surface area contributed by atoms with Crippen LogP contribution in [-0.2, 0) is 36.1 Å². The largest absolute Gasteiger partial charge is 0.500 e. The van der Waals surface area contributed by atoms with E-state index in [1.807, 2.05) is 20.8 Å². The number of carbonyl (C=O) groups is 1. The summed E-state index contributed by atoms with van der Waals surface area (Å²) in [5.41, 5.74) is 0.397. The number of hydrogen-bond donors (Lipinski definition) is 0. The van der Waals surface area contributed by atoms with Crippen molar-refractivity contribution in [3.8, 4) is 0 Å². The third kappa shape index (κ3) is 13.6. The Bertz CT molecular complexity index is 342. The second-order valence-corrected chi connectivity index (χ2v) is 9.64.